The van der Waals surface area contributed by atoms with Gasteiger partial charge in [-0.05, 0) is 49.9 Å². The zero-order valence-electron chi connectivity index (χ0n) is 11.0. The average Bonchev–Trinajstić information content (AvgIpc) is 2.32. The maximum atomic E-state index is 12.2. The zero-order chi connectivity index (χ0) is 14.0. The summed E-state index contributed by atoms with van der Waals surface area (Å²) >= 11 is 0. The third-order valence-corrected chi connectivity index (χ3v) is 3.65. The summed E-state index contributed by atoms with van der Waals surface area (Å²) in [5.74, 6) is -0.633. The van der Waals surface area contributed by atoms with E-state index in [0.717, 1.165) is 12.0 Å². The average molecular weight is 263 g/mol. The lowest BCUT2D eigenvalue weighted by molar-refractivity contribution is -0.148. The highest BCUT2D eigenvalue weighted by Crippen LogP contribution is 2.32. The molecule has 0 radical (unpaired) electrons. The molecule has 0 saturated heterocycles. The first kappa shape index (κ1) is 13.4. The van der Waals surface area contributed by atoms with Crippen LogP contribution in [0.3, 0.4) is 0 Å². The molecule has 0 bridgehead atoms. The van der Waals surface area contributed by atoms with Crippen LogP contribution in [0.5, 0.6) is 5.75 Å². The summed E-state index contributed by atoms with van der Waals surface area (Å²) in [4.78, 5) is 23.4. The van der Waals surface area contributed by atoms with Gasteiger partial charge in [-0.3, -0.25) is 4.79 Å². The summed E-state index contributed by atoms with van der Waals surface area (Å²) in [6.45, 7) is 1.80. The lowest BCUT2D eigenvalue weighted by Gasteiger charge is -2.38. The molecule has 0 heterocycles. The Balaban J connectivity index is 2.18. The first-order chi connectivity index (χ1) is 8.98. The van der Waals surface area contributed by atoms with Gasteiger partial charge >= 0.3 is 5.97 Å². The Hall–Kier alpha value is -2.04. The second-order valence-corrected chi connectivity index (χ2v) is 4.88. The number of aliphatic carboxylic acids is 1. The Bertz CT molecular complexity index is 520. The van der Waals surface area contributed by atoms with E-state index in [1.54, 1.807) is 32.2 Å². The van der Waals surface area contributed by atoms with Crippen LogP contribution in [0.2, 0.25) is 0 Å². The van der Waals surface area contributed by atoms with E-state index in [1.807, 2.05) is 0 Å². The van der Waals surface area contributed by atoms with E-state index < -0.39 is 11.5 Å². The third-order valence-electron chi connectivity index (χ3n) is 3.65. The van der Waals surface area contributed by atoms with Crippen LogP contribution in [-0.2, 0) is 4.79 Å². The molecule has 1 aromatic rings. The minimum absolute atomic E-state index is 0.345. The van der Waals surface area contributed by atoms with Crippen LogP contribution < -0.4 is 10.1 Å². The number of carboxylic acid groups (broad SMARTS) is 1. The molecule has 0 unspecified atom stereocenters. The van der Waals surface area contributed by atoms with Gasteiger partial charge in [0.1, 0.15) is 11.3 Å². The molecule has 1 aromatic carbocycles. The quantitative estimate of drug-likeness (QED) is 0.867. The van der Waals surface area contributed by atoms with Crippen molar-refractivity contribution in [1.29, 1.82) is 0 Å². The molecule has 102 valence electrons. The molecule has 0 aliphatic heterocycles. The molecule has 1 aliphatic carbocycles. The molecule has 0 atom stereocenters. The molecule has 1 fully saturated rings. The second kappa shape index (κ2) is 4.91. The molecule has 19 heavy (non-hydrogen) atoms. The summed E-state index contributed by atoms with van der Waals surface area (Å²) < 4.78 is 5.08. The van der Waals surface area contributed by atoms with E-state index in [1.165, 1.54) is 0 Å². The molecule has 2 N–H and O–H groups in total. The van der Waals surface area contributed by atoms with Crippen molar-refractivity contribution in [2.75, 3.05) is 7.11 Å². The van der Waals surface area contributed by atoms with Crippen molar-refractivity contribution in [1.82, 2.24) is 5.32 Å². The van der Waals surface area contributed by atoms with Crippen molar-refractivity contribution < 1.29 is 19.4 Å². The molecule has 2 rings (SSSR count). The van der Waals surface area contributed by atoms with E-state index >= 15 is 0 Å². The number of methoxy groups -OCH3 is 1. The first-order valence-electron chi connectivity index (χ1n) is 6.19. The normalized spacial score (nSPS) is 16.3. The van der Waals surface area contributed by atoms with Gasteiger partial charge in [0.15, 0.2) is 0 Å². The predicted molar refractivity (Wildman–Crippen MR) is 69.4 cm³/mol. The highest BCUT2D eigenvalue weighted by atomic mass is 16.5. The lowest BCUT2D eigenvalue weighted by atomic mass is 9.76. The number of carbonyl (C=O) groups is 2. The molecule has 0 aromatic heterocycles. The highest BCUT2D eigenvalue weighted by Gasteiger charge is 2.45. The summed E-state index contributed by atoms with van der Waals surface area (Å²) in [5, 5.41) is 11.8. The Morgan fingerprint density at radius 2 is 2.05 bits per heavy atom. The zero-order valence-corrected chi connectivity index (χ0v) is 11.0. The number of benzene rings is 1. The number of hydrogen-bond donors (Lipinski definition) is 2. The van der Waals surface area contributed by atoms with Crippen molar-refractivity contribution in [3.63, 3.8) is 0 Å². The number of hydrogen-bond acceptors (Lipinski definition) is 3. The molecule has 5 heteroatoms. The maximum Gasteiger partial charge on any atom is 0.329 e. The molecule has 1 amide bonds. The lowest BCUT2D eigenvalue weighted by Crippen LogP contribution is -2.59. The fraction of sp³-hybridized carbons (Fsp3) is 0.429. The Morgan fingerprint density at radius 1 is 1.37 bits per heavy atom. The monoisotopic (exact) mass is 263 g/mol. The van der Waals surface area contributed by atoms with E-state index in [4.69, 9.17) is 4.74 Å². The fourth-order valence-electron chi connectivity index (χ4n) is 2.23. The molecular formula is C14H17NO4. The van der Waals surface area contributed by atoms with Crippen LogP contribution >= 0.6 is 0 Å². The van der Waals surface area contributed by atoms with Crippen LogP contribution in [0.25, 0.3) is 0 Å². The van der Waals surface area contributed by atoms with E-state index in [0.29, 0.717) is 24.2 Å². The molecule has 5 nitrogen and oxygen atoms in total. The van der Waals surface area contributed by atoms with Crippen LogP contribution in [0, 0.1) is 6.92 Å². The predicted octanol–water partition coefficient (Wildman–Crippen LogP) is 1.74. The Labute approximate surface area is 111 Å². The molecule has 1 saturated carbocycles. The number of amides is 1. The van der Waals surface area contributed by atoms with Crippen LogP contribution in [-0.4, -0.2) is 29.6 Å². The second-order valence-electron chi connectivity index (χ2n) is 4.88. The number of rotatable bonds is 4. The van der Waals surface area contributed by atoms with Crippen molar-refractivity contribution >= 4 is 11.9 Å². The molecular weight excluding hydrogens is 246 g/mol. The van der Waals surface area contributed by atoms with Crippen LogP contribution in [0.1, 0.15) is 35.2 Å². The van der Waals surface area contributed by atoms with Crippen molar-refractivity contribution in [2.24, 2.45) is 0 Å². The minimum atomic E-state index is -1.08. The van der Waals surface area contributed by atoms with E-state index in [9.17, 15) is 14.7 Å². The maximum absolute atomic E-state index is 12.2. The SMILES string of the molecule is COc1ccc(C(=O)NC2(C(=O)O)CCC2)c(C)c1. The van der Waals surface area contributed by atoms with Gasteiger partial charge in [0.25, 0.3) is 5.91 Å². The largest absolute Gasteiger partial charge is 0.497 e. The minimum Gasteiger partial charge on any atom is -0.497 e. The Morgan fingerprint density at radius 3 is 2.47 bits per heavy atom. The number of ether oxygens (including phenoxy) is 1. The molecule has 0 spiro atoms. The van der Waals surface area contributed by atoms with Gasteiger partial charge in [-0.2, -0.15) is 0 Å². The van der Waals surface area contributed by atoms with E-state index in [-0.39, 0.29) is 5.91 Å². The summed E-state index contributed by atoms with van der Waals surface area (Å²) in [6.07, 6.45) is 1.81. The van der Waals surface area contributed by atoms with E-state index in [2.05, 4.69) is 5.32 Å². The van der Waals surface area contributed by atoms with Gasteiger partial charge in [0.05, 0.1) is 7.11 Å². The van der Waals surface area contributed by atoms with Crippen LogP contribution in [0.4, 0.5) is 0 Å². The topological polar surface area (TPSA) is 75.6 Å². The molecule has 1 aliphatic rings. The number of nitrogens with one attached hydrogen (secondary N) is 1. The van der Waals surface area contributed by atoms with Gasteiger partial charge < -0.3 is 15.2 Å². The van der Waals surface area contributed by atoms with Crippen molar-refractivity contribution in [2.45, 2.75) is 31.7 Å². The van der Waals surface area contributed by atoms with Crippen LogP contribution in [0.15, 0.2) is 18.2 Å². The van der Waals surface area contributed by atoms with Crippen molar-refractivity contribution in [3.05, 3.63) is 29.3 Å². The number of carbonyl (C=O) groups excluding carboxylic acids is 1. The first-order valence-corrected chi connectivity index (χ1v) is 6.19. The standard InChI is InChI=1S/C14H17NO4/c1-9-8-10(19-2)4-5-11(9)12(16)15-14(13(17)18)6-3-7-14/h4-5,8H,3,6-7H2,1-2H3,(H,15,16)(H,17,18). The van der Waals surface area contributed by atoms with Gasteiger partial charge in [0.2, 0.25) is 0 Å². The highest BCUT2D eigenvalue weighted by molar-refractivity contribution is 5.99. The number of aryl methyl sites for hydroxylation is 1. The summed E-state index contributed by atoms with van der Waals surface area (Å²) in [7, 11) is 1.56. The van der Waals surface area contributed by atoms with Gasteiger partial charge in [-0.15, -0.1) is 0 Å². The smallest absolute Gasteiger partial charge is 0.329 e. The summed E-state index contributed by atoms with van der Waals surface area (Å²) in [5.41, 5.74) is 0.161. The third kappa shape index (κ3) is 2.41. The van der Waals surface area contributed by atoms with Gasteiger partial charge in [-0.1, -0.05) is 0 Å². The number of carboxylic acids is 1. The van der Waals surface area contributed by atoms with Gasteiger partial charge in [0, 0.05) is 5.56 Å². The Kier molecular flexibility index (Phi) is 3.46. The fourth-order valence-corrected chi connectivity index (χ4v) is 2.23. The van der Waals surface area contributed by atoms with Gasteiger partial charge in [-0.25, -0.2) is 4.79 Å². The van der Waals surface area contributed by atoms with Crippen molar-refractivity contribution in [3.8, 4) is 5.75 Å². The summed E-state index contributed by atoms with van der Waals surface area (Å²) in [6, 6.07) is 5.09.